The number of carbonyl (C=O) groups is 1. The van der Waals surface area contributed by atoms with Crippen LogP contribution < -0.4 is 0 Å². The van der Waals surface area contributed by atoms with Crippen LogP contribution >= 0.6 is 0 Å². The van der Waals surface area contributed by atoms with E-state index in [-0.39, 0.29) is 18.4 Å². The van der Waals surface area contributed by atoms with Crippen LogP contribution in [0.4, 0.5) is 0 Å². The molecule has 2 atom stereocenters. The zero-order valence-corrected chi connectivity index (χ0v) is 15.3. The number of para-hydroxylation sites is 1. The number of rotatable bonds is 3. The maximum Gasteiger partial charge on any atom is 0.360 e. The lowest BCUT2D eigenvalue weighted by molar-refractivity contribution is -0.180. The fourth-order valence-electron chi connectivity index (χ4n) is 4.15. The van der Waals surface area contributed by atoms with Crippen LogP contribution in [0.5, 0.6) is 0 Å². The van der Waals surface area contributed by atoms with E-state index >= 15 is 0 Å². The Morgan fingerprint density at radius 2 is 1.81 bits per heavy atom. The number of fused-ring (bicyclic) bond motifs is 3. The van der Waals surface area contributed by atoms with Gasteiger partial charge in [0.15, 0.2) is 0 Å². The Hall–Kier alpha value is -2.59. The molecule has 2 aromatic carbocycles. The predicted molar refractivity (Wildman–Crippen MR) is 101 cm³/mol. The number of benzene rings is 2. The molecule has 1 N–H and O–H groups in total. The number of esters is 1. The van der Waals surface area contributed by atoms with Crippen molar-refractivity contribution in [1.82, 2.24) is 4.57 Å². The lowest BCUT2D eigenvalue weighted by atomic mass is 9.89. The molecule has 0 aliphatic carbocycles. The van der Waals surface area contributed by atoms with Crippen molar-refractivity contribution in [2.24, 2.45) is 0 Å². The van der Waals surface area contributed by atoms with Crippen LogP contribution in [-0.4, -0.2) is 21.7 Å². The van der Waals surface area contributed by atoms with Gasteiger partial charge in [-0.2, -0.15) is 0 Å². The van der Waals surface area contributed by atoms with E-state index in [1.54, 1.807) is 18.4 Å². The van der Waals surface area contributed by atoms with Gasteiger partial charge in [0.05, 0.1) is 11.6 Å². The molecule has 4 rings (SSSR count). The molecule has 1 aromatic heterocycles. The highest BCUT2D eigenvalue weighted by Gasteiger charge is 2.51. The molecule has 134 valence electrons. The summed E-state index contributed by atoms with van der Waals surface area (Å²) in [6, 6.07) is 17.9. The molecule has 1 aliphatic heterocycles. The van der Waals surface area contributed by atoms with Crippen LogP contribution in [0.15, 0.2) is 54.6 Å². The highest BCUT2D eigenvalue weighted by Crippen LogP contribution is 2.48. The molecule has 4 nitrogen and oxygen atoms in total. The van der Waals surface area contributed by atoms with Crippen molar-refractivity contribution in [1.29, 1.82) is 0 Å². The molecule has 1 aliphatic rings. The third kappa shape index (κ3) is 2.36. The van der Waals surface area contributed by atoms with Crippen molar-refractivity contribution >= 4 is 16.9 Å². The minimum Gasteiger partial charge on any atom is -0.459 e. The first-order chi connectivity index (χ1) is 12.4. The zero-order valence-electron chi connectivity index (χ0n) is 15.3. The minimum atomic E-state index is -1.70. The smallest absolute Gasteiger partial charge is 0.360 e. The van der Waals surface area contributed by atoms with Gasteiger partial charge in [-0.25, -0.2) is 4.79 Å². The monoisotopic (exact) mass is 349 g/mol. The Bertz CT molecular complexity index is 974. The van der Waals surface area contributed by atoms with Crippen molar-refractivity contribution in [2.75, 3.05) is 0 Å². The number of hydrogen-bond acceptors (Lipinski definition) is 3. The quantitative estimate of drug-likeness (QED) is 0.725. The molecule has 0 saturated heterocycles. The van der Waals surface area contributed by atoms with E-state index in [2.05, 4.69) is 6.92 Å². The van der Waals surface area contributed by atoms with Gasteiger partial charge in [0, 0.05) is 23.4 Å². The normalized spacial score (nSPS) is 22.0. The summed E-state index contributed by atoms with van der Waals surface area (Å²) in [6.45, 7) is 5.65. The van der Waals surface area contributed by atoms with Crippen molar-refractivity contribution in [2.45, 2.75) is 44.9 Å². The summed E-state index contributed by atoms with van der Waals surface area (Å²) in [6.07, 6.45) is -0.00231. The Balaban J connectivity index is 1.97. The van der Waals surface area contributed by atoms with Gasteiger partial charge in [-0.3, -0.25) is 0 Å². The molecule has 0 saturated carbocycles. The number of carbonyl (C=O) groups excluding carboxylic acids is 1. The lowest BCUT2D eigenvalue weighted by Crippen LogP contribution is -2.41. The first-order valence-corrected chi connectivity index (χ1v) is 9.02. The number of nitrogens with zero attached hydrogens (tertiary/aromatic N) is 1. The van der Waals surface area contributed by atoms with Crippen LogP contribution in [0.1, 0.15) is 43.0 Å². The summed E-state index contributed by atoms with van der Waals surface area (Å²) in [7, 11) is 0. The maximum absolute atomic E-state index is 12.9. The Morgan fingerprint density at radius 3 is 2.50 bits per heavy atom. The first kappa shape index (κ1) is 16.9. The second-order valence-electron chi connectivity index (χ2n) is 7.30. The molecular weight excluding hydrogens is 326 g/mol. The summed E-state index contributed by atoms with van der Waals surface area (Å²) in [4.78, 5) is 12.9. The summed E-state index contributed by atoms with van der Waals surface area (Å²) >= 11 is 0. The Morgan fingerprint density at radius 1 is 1.15 bits per heavy atom. The molecule has 0 spiro atoms. The number of hydrogen-bond donors (Lipinski definition) is 1. The summed E-state index contributed by atoms with van der Waals surface area (Å²) in [5, 5.41) is 12.5. The van der Waals surface area contributed by atoms with Gasteiger partial charge in [0.1, 0.15) is 0 Å². The zero-order chi connectivity index (χ0) is 18.5. The Labute approximate surface area is 153 Å². The van der Waals surface area contributed by atoms with E-state index in [1.807, 2.05) is 54.6 Å². The second kappa shape index (κ2) is 5.99. The van der Waals surface area contributed by atoms with Crippen LogP contribution in [-0.2, 0) is 15.3 Å². The van der Waals surface area contributed by atoms with Crippen molar-refractivity contribution < 1.29 is 14.6 Å². The number of aromatic nitrogens is 1. The van der Waals surface area contributed by atoms with Crippen LogP contribution in [0.25, 0.3) is 10.9 Å². The molecule has 26 heavy (non-hydrogen) atoms. The molecule has 2 heterocycles. The van der Waals surface area contributed by atoms with E-state index in [0.29, 0.717) is 0 Å². The van der Waals surface area contributed by atoms with Crippen LogP contribution in [0.2, 0.25) is 0 Å². The summed E-state index contributed by atoms with van der Waals surface area (Å²) < 4.78 is 7.22. The van der Waals surface area contributed by atoms with Gasteiger partial charge in [-0.1, -0.05) is 48.5 Å². The topological polar surface area (TPSA) is 51.5 Å². The lowest BCUT2D eigenvalue weighted by Gasteiger charge is -2.25. The standard InChI is InChI=1S/C22H23NO3/c1-14(2)26-21(24)22(25)13-18(16-9-5-4-6-10-16)20-15(3)17-11-7-8-12-19(17)23(20)22/h4-12,14,18,25H,13H2,1-3H3/t18-,22+/m1/s1. The SMILES string of the molecule is Cc1c2n(c3ccccc13)[C@@](O)(C(=O)OC(C)C)C[C@@H]2c1ccccc1. The van der Waals surface area contributed by atoms with Gasteiger partial charge < -0.3 is 14.4 Å². The molecular formula is C22H23NO3. The average molecular weight is 349 g/mol. The van der Waals surface area contributed by atoms with E-state index < -0.39 is 11.7 Å². The molecule has 0 amide bonds. The first-order valence-electron chi connectivity index (χ1n) is 9.02. The summed E-state index contributed by atoms with van der Waals surface area (Å²) in [5.74, 6) is -0.652. The third-order valence-electron chi connectivity index (χ3n) is 5.23. The van der Waals surface area contributed by atoms with Gasteiger partial charge in [-0.05, 0) is 38.0 Å². The molecule has 4 heteroatoms. The molecule has 3 aromatic rings. The maximum atomic E-state index is 12.9. The van der Waals surface area contributed by atoms with Gasteiger partial charge in [0.25, 0.3) is 0 Å². The fraction of sp³-hybridized carbons (Fsp3) is 0.318. The predicted octanol–water partition coefficient (Wildman–Crippen LogP) is 4.08. The number of aryl methyl sites for hydroxylation is 1. The van der Waals surface area contributed by atoms with Crippen LogP contribution in [0, 0.1) is 6.92 Å². The number of aliphatic hydroxyl groups is 1. The van der Waals surface area contributed by atoms with Crippen molar-refractivity contribution in [3.8, 4) is 0 Å². The van der Waals surface area contributed by atoms with Crippen molar-refractivity contribution in [3.63, 3.8) is 0 Å². The average Bonchev–Trinajstić information content (AvgIpc) is 3.11. The third-order valence-corrected chi connectivity index (χ3v) is 5.23. The largest absolute Gasteiger partial charge is 0.459 e. The summed E-state index contributed by atoms with van der Waals surface area (Å²) in [5.41, 5.74) is 2.34. The van der Waals surface area contributed by atoms with Gasteiger partial charge >= 0.3 is 5.97 Å². The van der Waals surface area contributed by atoms with Crippen LogP contribution in [0.3, 0.4) is 0 Å². The second-order valence-corrected chi connectivity index (χ2v) is 7.30. The number of ether oxygens (including phenoxy) is 1. The molecule has 0 radical (unpaired) electrons. The molecule has 0 bridgehead atoms. The molecule has 0 unspecified atom stereocenters. The van der Waals surface area contributed by atoms with E-state index in [4.69, 9.17) is 4.74 Å². The fourth-order valence-corrected chi connectivity index (χ4v) is 4.15. The van der Waals surface area contributed by atoms with E-state index in [0.717, 1.165) is 27.7 Å². The molecule has 0 fully saturated rings. The Kier molecular flexibility index (Phi) is 3.88. The highest BCUT2D eigenvalue weighted by molar-refractivity contribution is 5.90. The van der Waals surface area contributed by atoms with Gasteiger partial charge in [-0.15, -0.1) is 0 Å². The van der Waals surface area contributed by atoms with Crippen molar-refractivity contribution in [3.05, 3.63) is 71.4 Å². The van der Waals surface area contributed by atoms with Gasteiger partial charge in [0.2, 0.25) is 5.72 Å². The van der Waals surface area contributed by atoms with E-state index in [1.165, 1.54) is 0 Å². The minimum absolute atomic E-state index is 0.0617. The highest BCUT2D eigenvalue weighted by atomic mass is 16.6. The van der Waals surface area contributed by atoms with E-state index in [9.17, 15) is 9.90 Å².